The van der Waals surface area contributed by atoms with Gasteiger partial charge in [0.05, 0.1) is 5.39 Å². The zero-order valence-corrected chi connectivity index (χ0v) is 19.2. The van der Waals surface area contributed by atoms with Gasteiger partial charge >= 0.3 is 0 Å². The highest BCUT2D eigenvalue weighted by Crippen LogP contribution is 2.44. The predicted octanol–water partition coefficient (Wildman–Crippen LogP) is 5.39. The highest BCUT2D eigenvalue weighted by atomic mass is 32.2. The third kappa shape index (κ3) is 4.49. The minimum Gasteiger partial charge on any atom is -0.383 e. The van der Waals surface area contributed by atoms with E-state index in [-0.39, 0.29) is 0 Å². The van der Waals surface area contributed by atoms with Crippen molar-refractivity contribution in [2.75, 3.05) is 31.1 Å². The largest absolute Gasteiger partial charge is 0.383 e. The van der Waals surface area contributed by atoms with E-state index >= 15 is 0 Å². The lowest BCUT2D eigenvalue weighted by Gasteiger charge is -2.33. The van der Waals surface area contributed by atoms with Crippen LogP contribution < -0.4 is 5.73 Å². The average Bonchev–Trinajstić information content (AvgIpc) is 3.03. The quantitative estimate of drug-likeness (QED) is 0.401. The molecule has 154 valence electrons. The number of nitrogens with two attached hydrogens (primary N) is 1. The van der Waals surface area contributed by atoms with Crippen molar-refractivity contribution in [1.82, 2.24) is 14.9 Å². The van der Waals surface area contributed by atoms with Crippen LogP contribution in [-0.2, 0) is 12.8 Å². The van der Waals surface area contributed by atoms with Crippen molar-refractivity contribution in [2.24, 2.45) is 11.3 Å². The number of likely N-dealkylation sites (tertiary alicyclic amines) is 1. The van der Waals surface area contributed by atoms with E-state index in [0.29, 0.717) is 11.2 Å². The molecule has 3 heterocycles. The summed E-state index contributed by atoms with van der Waals surface area (Å²) in [6.45, 7) is 10.8. The Morgan fingerprint density at radius 2 is 1.96 bits per heavy atom. The molecule has 2 N–H and O–H groups in total. The van der Waals surface area contributed by atoms with Crippen molar-refractivity contribution in [3.05, 3.63) is 10.4 Å². The zero-order valence-electron chi connectivity index (χ0n) is 17.6. The maximum atomic E-state index is 6.40. The van der Waals surface area contributed by atoms with E-state index < -0.39 is 0 Å². The van der Waals surface area contributed by atoms with Gasteiger partial charge in [-0.05, 0) is 75.1 Å². The van der Waals surface area contributed by atoms with Crippen molar-refractivity contribution >= 4 is 39.1 Å². The van der Waals surface area contributed by atoms with Crippen LogP contribution >= 0.6 is 23.1 Å². The molecule has 2 aromatic heterocycles. The van der Waals surface area contributed by atoms with Gasteiger partial charge < -0.3 is 10.6 Å². The maximum Gasteiger partial charge on any atom is 0.190 e. The molecule has 0 aromatic carbocycles. The van der Waals surface area contributed by atoms with Crippen molar-refractivity contribution in [3.8, 4) is 0 Å². The summed E-state index contributed by atoms with van der Waals surface area (Å²) in [5, 5.41) is 2.00. The van der Waals surface area contributed by atoms with Gasteiger partial charge in [0.1, 0.15) is 10.6 Å². The molecule has 1 saturated heterocycles. The third-order valence-corrected chi connectivity index (χ3v) is 8.52. The Hall–Kier alpha value is -0.850. The molecule has 2 aliphatic rings. The van der Waals surface area contributed by atoms with Crippen molar-refractivity contribution < 1.29 is 0 Å². The molecule has 1 aliphatic heterocycles. The summed E-state index contributed by atoms with van der Waals surface area (Å²) in [5.41, 5.74) is 8.19. The number of nitrogens with zero attached hydrogens (tertiary/aromatic N) is 3. The topological polar surface area (TPSA) is 55.0 Å². The number of nitrogen functional groups attached to an aromatic ring is 1. The van der Waals surface area contributed by atoms with Crippen LogP contribution in [0.3, 0.4) is 0 Å². The fraction of sp³-hybridized carbons (Fsp3) is 0.727. The highest BCUT2D eigenvalue weighted by molar-refractivity contribution is 7.99. The summed E-state index contributed by atoms with van der Waals surface area (Å²) in [6.07, 6.45) is 8.85. The Balaban J connectivity index is 1.42. The van der Waals surface area contributed by atoms with Crippen LogP contribution in [0.2, 0.25) is 0 Å². The second-order valence-electron chi connectivity index (χ2n) is 9.49. The van der Waals surface area contributed by atoms with E-state index in [1.54, 1.807) is 11.8 Å². The molecule has 0 bridgehead atoms. The van der Waals surface area contributed by atoms with E-state index in [1.807, 2.05) is 11.3 Å². The third-order valence-electron chi connectivity index (χ3n) is 6.44. The van der Waals surface area contributed by atoms with E-state index in [1.165, 1.54) is 62.2 Å². The van der Waals surface area contributed by atoms with E-state index in [2.05, 4.69) is 30.7 Å². The van der Waals surface area contributed by atoms with Gasteiger partial charge in [0.2, 0.25) is 0 Å². The number of hydrogen-bond acceptors (Lipinski definition) is 6. The van der Waals surface area contributed by atoms with E-state index in [9.17, 15) is 0 Å². The number of rotatable bonds is 5. The number of hydrogen-bond donors (Lipinski definition) is 1. The number of anilines is 1. The van der Waals surface area contributed by atoms with Crippen LogP contribution in [0, 0.1) is 11.3 Å². The summed E-state index contributed by atoms with van der Waals surface area (Å²) in [4.78, 5) is 14.7. The molecule has 0 radical (unpaired) electrons. The molecular weight excluding hydrogens is 384 g/mol. The maximum absolute atomic E-state index is 6.40. The van der Waals surface area contributed by atoms with Gasteiger partial charge in [0.15, 0.2) is 5.16 Å². The van der Waals surface area contributed by atoms with Crippen LogP contribution in [0.25, 0.3) is 10.2 Å². The van der Waals surface area contributed by atoms with Gasteiger partial charge in [0, 0.05) is 10.6 Å². The number of thioether (sulfide) groups is 1. The molecule has 1 atom stereocenters. The summed E-state index contributed by atoms with van der Waals surface area (Å²) < 4.78 is 0. The Morgan fingerprint density at radius 3 is 2.71 bits per heavy atom. The SMILES string of the molecule is CC(C)(C)C1CCc2c(sc3nc(SCCCN4CCCCC4)nc(N)c23)C1. The zero-order chi connectivity index (χ0) is 19.7. The first-order valence-corrected chi connectivity index (χ1v) is 12.6. The Kier molecular flexibility index (Phi) is 6.19. The Labute approximate surface area is 177 Å². The molecule has 0 amide bonds. The fourth-order valence-electron chi connectivity index (χ4n) is 4.62. The van der Waals surface area contributed by atoms with Crippen LogP contribution in [0.5, 0.6) is 0 Å². The fourth-order valence-corrected chi connectivity index (χ4v) is 6.76. The van der Waals surface area contributed by atoms with Gasteiger partial charge in [-0.3, -0.25) is 0 Å². The van der Waals surface area contributed by atoms with Gasteiger partial charge in [-0.25, -0.2) is 9.97 Å². The first-order chi connectivity index (χ1) is 13.4. The minimum atomic E-state index is 0.362. The summed E-state index contributed by atoms with van der Waals surface area (Å²) in [6, 6.07) is 0. The van der Waals surface area contributed by atoms with Gasteiger partial charge in [-0.2, -0.15) is 0 Å². The van der Waals surface area contributed by atoms with Crippen molar-refractivity contribution in [1.29, 1.82) is 0 Å². The van der Waals surface area contributed by atoms with Crippen LogP contribution in [0.1, 0.15) is 63.3 Å². The lowest BCUT2D eigenvalue weighted by Crippen LogP contribution is -2.30. The lowest BCUT2D eigenvalue weighted by molar-refractivity contribution is 0.218. The van der Waals surface area contributed by atoms with Crippen molar-refractivity contribution in [2.45, 2.75) is 70.9 Å². The highest BCUT2D eigenvalue weighted by Gasteiger charge is 2.31. The Morgan fingerprint density at radius 1 is 1.18 bits per heavy atom. The molecule has 6 heteroatoms. The monoisotopic (exact) mass is 418 g/mol. The molecule has 4 nitrogen and oxygen atoms in total. The Bertz CT molecular complexity index is 818. The predicted molar refractivity (Wildman–Crippen MR) is 122 cm³/mol. The number of fused-ring (bicyclic) bond motifs is 3. The molecule has 1 fully saturated rings. The second kappa shape index (κ2) is 8.49. The number of aryl methyl sites for hydroxylation is 1. The molecular formula is C22H34N4S2. The van der Waals surface area contributed by atoms with Gasteiger partial charge in [-0.15, -0.1) is 11.3 Å². The number of aromatic nitrogens is 2. The minimum absolute atomic E-state index is 0.362. The van der Waals surface area contributed by atoms with Crippen molar-refractivity contribution in [3.63, 3.8) is 0 Å². The van der Waals surface area contributed by atoms with Crippen LogP contribution in [0.15, 0.2) is 5.16 Å². The normalized spacial score (nSPS) is 21.2. The van der Waals surface area contributed by atoms with Gasteiger partial charge in [0.25, 0.3) is 0 Å². The second-order valence-corrected chi connectivity index (χ2v) is 11.6. The molecule has 2 aromatic rings. The first kappa shape index (κ1) is 20.4. The summed E-state index contributed by atoms with van der Waals surface area (Å²) >= 11 is 3.62. The smallest absolute Gasteiger partial charge is 0.190 e. The van der Waals surface area contributed by atoms with Crippen LogP contribution in [0.4, 0.5) is 5.82 Å². The molecule has 28 heavy (non-hydrogen) atoms. The molecule has 0 saturated carbocycles. The molecule has 1 aliphatic carbocycles. The summed E-state index contributed by atoms with van der Waals surface area (Å²) in [5.74, 6) is 2.50. The number of piperidine rings is 1. The summed E-state index contributed by atoms with van der Waals surface area (Å²) in [7, 11) is 0. The lowest BCUT2D eigenvalue weighted by atomic mass is 9.72. The van der Waals surface area contributed by atoms with Crippen LogP contribution in [-0.4, -0.2) is 40.3 Å². The number of thiophene rings is 1. The first-order valence-electron chi connectivity index (χ1n) is 10.8. The van der Waals surface area contributed by atoms with E-state index in [4.69, 9.17) is 10.7 Å². The van der Waals surface area contributed by atoms with E-state index in [0.717, 1.165) is 39.9 Å². The molecule has 1 unspecified atom stereocenters. The molecule has 0 spiro atoms. The molecule has 4 rings (SSSR count). The van der Waals surface area contributed by atoms with Gasteiger partial charge in [-0.1, -0.05) is 39.0 Å². The average molecular weight is 419 g/mol. The standard InChI is InChI=1S/C22H34N4S2/c1-22(2,3)15-8-9-16-17(14-15)28-20-18(16)19(23)24-21(25-20)27-13-7-12-26-10-5-4-6-11-26/h15H,4-14H2,1-3H3,(H2,23,24,25).